The summed E-state index contributed by atoms with van der Waals surface area (Å²) >= 11 is 1.26. The van der Waals surface area contributed by atoms with E-state index in [1.807, 2.05) is 13.0 Å². The summed E-state index contributed by atoms with van der Waals surface area (Å²) in [5.74, 6) is -1.68. The van der Waals surface area contributed by atoms with Crippen molar-refractivity contribution in [1.29, 1.82) is 0 Å². The summed E-state index contributed by atoms with van der Waals surface area (Å²) in [5.41, 5.74) is 0.867. The van der Waals surface area contributed by atoms with Crippen LogP contribution in [-0.4, -0.2) is 5.78 Å². The van der Waals surface area contributed by atoms with Crippen LogP contribution in [0.4, 0.5) is 8.78 Å². The smallest absolute Gasteiger partial charge is 0.206 e. The van der Waals surface area contributed by atoms with Gasteiger partial charge in [-0.05, 0) is 48.1 Å². The van der Waals surface area contributed by atoms with Gasteiger partial charge in [0.15, 0.2) is 0 Å². The third-order valence-electron chi connectivity index (χ3n) is 2.83. The summed E-state index contributed by atoms with van der Waals surface area (Å²) in [5, 5.41) is 1.79. The van der Waals surface area contributed by atoms with Gasteiger partial charge in [0, 0.05) is 0 Å². The van der Waals surface area contributed by atoms with Crippen molar-refractivity contribution in [2.24, 2.45) is 0 Å². The molecule has 0 saturated carbocycles. The number of benzene rings is 1. The summed E-state index contributed by atoms with van der Waals surface area (Å²) in [7, 11) is 0. The van der Waals surface area contributed by atoms with Crippen molar-refractivity contribution in [3.63, 3.8) is 0 Å². The number of rotatable bonds is 3. The van der Waals surface area contributed by atoms with E-state index < -0.39 is 17.4 Å². The molecule has 0 bridgehead atoms. The molecule has 4 heteroatoms. The van der Waals surface area contributed by atoms with Crippen molar-refractivity contribution in [3.05, 3.63) is 56.8 Å². The molecule has 0 saturated heterocycles. The molecule has 2 rings (SSSR count). The van der Waals surface area contributed by atoms with Gasteiger partial charge in [-0.15, -0.1) is 11.3 Å². The van der Waals surface area contributed by atoms with E-state index in [-0.39, 0.29) is 11.1 Å². The second-order valence-corrected chi connectivity index (χ2v) is 4.95. The number of aryl methyl sites for hydroxylation is 2. The van der Waals surface area contributed by atoms with Crippen LogP contribution in [-0.2, 0) is 6.42 Å². The fourth-order valence-electron chi connectivity index (χ4n) is 1.76. The van der Waals surface area contributed by atoms with Crippen LogP contribution in [0.5, 0.6) is 0 Å². The SMILES string of the molecule is CCc1ccsc1C(=O)c1cc(F)c(C)cc1F. The van der Waals surface area contributed by atoms with Gasteiger partial charge in [0.05, 0.1) is 10.4 Å². The Hall–Kier alpha value is -1.55. The van der Waals surface area contributed by atoms with Crippen LogP contribution < -0.4 is 0 Å². The van der Waals surface area contributed by atoms with Gasteiger partial charge in [-0.25, -0.2) is 8.78 Å². The zero-order chi connectivity index (χ0) is 13.3. The zero-order valence-corrected chi connectivity index (χ0v) is 10.9. The molecule has 0 aliphatic heterocycles. The van der Waals surface area contributed by atoms with Crippen molar-refractivity contribution in [2.45, 2.75) is 20.3 Å². The lowest BCUT2D eigenvalue weighted by molar-refractivity contribution is 0.103. The first-order valence-electron chi connectivity index (χ1n) is 5.61. The van der Waals surface area contributed by atoms with E-state index >= 15 is 0 Å². The molecular weight excluding hydrogens is 254 g/mol. The largest absolute Gasteiger partial charge is 0.288 e. The molecule has 0 aliphatic carbocycles. The van der Waals surface area contributed by atoms with Gasteiger partial charge in [-0.3, -0.25) is 4.79 Å². The predicted molar refractivity (Wildman–Crippen MR) is 68.2 cm³/mol. The summed E-state index contributed by atoms with van der Waals surface area (Å²) in [4.78, 5) is 12.7. The molecule has 0 N–H and O–H groups in total. The van der Waals surface area contributed by atoms with E-state index in [0.717, 1.165) is 17.7 Å². The molecular formula is C14H12F2OS. The third-order valence-corrected chi connectivity index (χ3v) is 3.78. The minimum atomic E-state index is -0.672. The number of halogens is 2. The second kappa shape index (κ2) is 4.98. The maximum atomic E-state index is 13.7. The summed E-state index contributed by atoms with van der Waals surface area (Å²) < 4.78 is 27.2. The van der Waals surface area contributed by atoms with Crippen LogP contribution in [0.2, 0.25) is 0 Å². The number of hydrogen-bond acceptors (Lipinski definition) is 2. The highest BCUT2D eigenvalue weighted by Gasteiger charge is 2.19. The molecule has 0 fully saturated rings. The van der Waals surface area contributed by atoms with Crippen molar-refractivity contribution in [2.75, 3.05) is 0 Å². The van der Waals surface area contributed by atoms with E-state index in [4.69, 9.17) is 0 Å². The number of hydrogen-bond donors (Lipinski definition) is 0. The van der Waals surface area contributed by atoms with E-state index in [9.17, 15) is 13.6 Å². The Morgan fingerprint density at radius 3 is 2.67 bits per heavy atom. The van der Waals surface area contributed by atoms with Crippen molar-refractivity contribution >= 4 is 17.1 Å². The molecule has 18 heavy (non-hydrogen) atoms. The van der Waals surface area contributed by atoms with Gasteiger partial charge in [0.25, 0.3) is 0 Å². The monoisotopic (exact) mass is 266 g/mol. The topological polar surface area (TPSA) is 17.1 Å². The zero-order valence-electron chi connectivity index (χ0n) is 10.1. The van der Waals surface area contributed by atoms with E-state index in [1.165, 1.54) is 18.3 Å². The molecule has 1 aromatic heterocycles. The summed E-state index contributed by atoms with van der Waals surface area (Å²) in [6.07, 6.45) is 0.695. The molecule has 0 aliphatic rings. The average molecular weight is 266 g/mol. The van der Waals surface area contributed by atoms with Crippen molar-refractivity contribution < 1.29 is 13.6 Å². The van der Waals surface area contributed by atoms with Crippen molar-refractivity contribution in [3.8, 4) is 0 Å². The van der Waals surface area contributed by atoms with Crippen LogP contribution in [0.3, 0.4) is 0 Å². The molecule has 1 nitrogen and oxygen atoms in total. The Bertz CT molecular complexity index is 602. The first kappa shape index (κ1) is 12.9. The van der Waals surface area contributed by atoms with Crippen LogP contribution in [0.25, 0.3) is 0 Å². The highest BCUT2D eigenvalue weighted by Crippen LogP contribution is 2.24. The molecule has 1 aromatic carbocycles. The minimum absolute atomic E-state index is 0.199. The Morgan fingerprint density at radius 2 is 2.00 bits per heavy atom. The molecule has 0 amide bonds. The molecule has 2 aromatic rings. The van der Waals surface area contributed by atoms with Crippen LogP contribution >= 0.6 is 11.3 Å². The number of ketones is 1. The molecule has 0 radical (unpaired) electrons. The van der Waals surface area contributed by atoms with Gasteiger partial charge < -0.3 is 0 Å². The van der Waals surface area contributed by atoms with Gasteiger partial charge >= 0.3 is 0 Å². The van der Waals surface area contributed by atoms with Crippen molar-refractivity contribution in [1.82, 2.24) is 0 Å². The van der Waals surface area contributed by atoms with E-state index in [2.05, 4.69) is 0 Å². The Balaban J connectivity index is 2.50. The van der Waals surface area contributed by atoms with Crippen LogP contribution in [0.1, 0.15) is 33.3 Å². The third kappa shape index (κ3) is 2.20. The highest BCUT2D eigenvalue weighted by atomic mass is 32.1. The molecule has 0 atom stereocenters. The Morgan fingerprint density at radius 1 is 1.28 bits per heavy atom. The second-order valence-electron chi connectivity index (χ2n) is 4.04. The molecule has 94 valence electrons. The fraction of sp³-hybridized carbons (Fsp3) is 0.214. The lowest BCUT2D eigenvalue weighted by Gasteiger charge is -2.05. The Labute approximate surface area is 108 Å². The average Bonchev–Trinajstić information content (AvgIpc) is 2.81. The van der Waals surface area contributed by atoms with Gasteiger partial charge in [0.1, 0.15) is 11.6 Å². The van der Waals surface area contributed by atoms with Gasteiger partial charge in [-0.1, -0.05) is 6.92 Å². The number of carbonyl (C=O) groups excluding carboxylic acids is 1. The molecule has 1 heterocycles. The molecule has 0 unspecified atom stereocenters. The highest BCUT2D eigenvalue weighted by molar-refractivity contribution is 7.12. The van der Waals surface area contributed by atoms with Gasteiger partial charge in [0.2, 0.25) is 5.78 Å². The lowest BCUT2D eigenvalue weighted by atomic mass is 10.0. The normalized spacial score (nSPS) is 10.7. The maximum absolute atomic E-state index is 13.7. The first-order chi connectivity index (χ1) is 8.54. The number of thiophene rings is 1. The molecule has 0 spiro atoms. The fourth-order valence-corrected chi connectivity index (χ4v) is 2.71. The van der Waals surface area contributed by atoms with Crippen LogP contribution in [0, 0.1) is 18.6 Å². The first-order valence-corrected chi connectivity index (χ1v) is 6.49. The quantitative estimate of drug-likeness (QED) is 0.763. The van der Waals surface area contributed by atoms with Gasteiger partial charge in [-0.2, -0.15) is 0 Å². The Kier molecular flexibility index (Phi) is 3.57. The van der Waals surface area contributed by atoms with E-state index in [1.54, 1.807) is 5.38 Å². The lowest BCUT2D eigenvalue weighted by Crippen LogP contribution is -2.06. The summed E-state index contributed by atoms with van der Waals surface area (Å²) in [6.45, 7) is 3.39. The maximum Gasteiger partial charge on any atom is 0.206 e. The standard InChI is InChI=1S/C14H12F2OS/c1-3-9-4-5-18-14(9)13(17)10-7-11(15)8(2)6-12(10)16/h4-7H,3H2,1-2H3. The predicted octanol–water partition coefficient (Wildman–Crippen LogP) is 4.13. The summed E-state index contributed by atoms with van der Waals surface area (Å²) in [6, 6.07) is 3.87. The van der Waals surface area contributed by atoms with E-state index in [0.29, 0.717) is 11.3 Å². The number of carbonyl (C=O) groups is 1. The van der Waals surface area contributed by atoms with Crippen LogP contribution in [0.15, 0.2) is 23.6 Å². The minimum Gasteiger partial charge on any atom is -0.288 e.